The molecule has 0 unspecified atom stereocenters. The molecule has 4 aromatic rings. The standard InChI is InChI=1S/C21H13BrO5/c1-12-16-11-15(26-20(23)18-3-2-10-25-18)8-9-17(16)27-21(24)19(12)13-4-6-14(22)7-5-13/h2-11H,1H3. The van der Waals surface area contributed by atoms with Crippen LogP contribution in [-0.4, -0.2) is 5.97 Å². The smallest absolute Gasteiger partial charge is 0.379 e. The van der Waals surface area contributed by atoms with Gasteiger partial charge in [0.1, 0.15) is 11.3 Å². The molecule has 0 atom stereocenters. The molecule has 5 nitrogen and oxygen atoms in total. The number of ether oxygens (including phenoxy) is 1. The van der Waals surface area contributed by atoms with Crippen LogP contribution in [0.4, 0.5) is 0 Å². The van der Waals surface area contributed by atoms with Crippen molar-refractivity contribution in [2.45, 2.75) is 6.92 Å². The molecule has 2 heterocycles. The molecule has 0 N–H and O–H groups in total. The average Bonchev–Trinajstić information content (AvgIpc) is 3.19. The maximum atomic E-state index is 12.5. The van der Waals surface area contributed by atoms with Crippen LogP contribution in [0.1, 0.15) is 16.1 Å². The van der Waals surface area contributed by atoms with E-state index in [2.05, 4.69) is 15.9 Å². The molecule has 0 radical (unpaired) electrons. The minimum absolute atomic E-state index is 0.113. The van der Waals surface area contributed by atoms with Crippen LogP contribution in [0.5, 0.6) is 5.75 Å². The fourth-order valence-corrected chi connectivity index (χ4v) is 3.16. The Morgan fingerprint density at radius 2 is 1.85 bits per heavy atom. The quantitative estimate of drug-likeness (QED) is 0.252. The van der Waals surface area contributed by atoms with Gasteiger partial charge in [-0.3, -0.25) is 0 Å². The first-order valence-electron chi connectivity index (χ1n) is 8.12. The normalized spacial score (nSPS) is 10.9. The molecule has 0 aliphatic heterocycles. The van der Waals surface area contributed by atoms with Crippen molar-refractivity contribution in [2.24, 2.45) is 0 Å². The van der Waals surface area contributed by atoms with Crippen LogP contribution in [0.15, 0.2) is 79.0 Å². The first-order valence-corrected chi connectivity index (χ1v) is 8.91. The van der Waals surface area contributed by atoms with E-state index >= 15 is 0 Å². The summed E-state index contributed by atoms with van der Waals surface area (Å²) in [6.07, 6.45) is 1.40. The highest BCUT2D eigenvalue weighted by Crippen LogP contribution is 2.30. The minimum Gasteiger partial charge on any atom is -0.457 e. The molecule has 0 saturated carbocycles. The van der Waals surface area contributed by atoms with E-state index in [-0.39, 0.29) is 5.76 Å². The topological polar surface area (TPSA) is 69.7 Å². The van der Waals surface area contributed by atoms with Gasteiger partial charge in [-0.05, 0) is 60.5 Å². The number of benzene rings is 2. The van der Waals surface area contributed by atoms with Gasteiger partial charge in [0.2, 0.25) is 5.76 Å². The minimum atomic E-state index is -0.595. The summed E-state index contributed by atoms with van der Waals surface area (Å²) in [5.74, 6) is -0.146. The predicted octanol–water partition coefficient (Wildman–Crippen LogP) is 5.34. The molecule has 2 aromatic heterocycles. The lowest BCUT2D eigenvalue weighted by Crippen LogP contribution is -2.08. The second-order valence-electron chi connectivity index (χ2n) is 5.92. The Labute approximate surface area is 162 Å². The lowest BCUT2D eigenvalue weighted by molar-refractivity contribution is 0.0701. The number of fused-ring (bicyclic) bond motifs is 1. The summed E-state index contributed by atoms with van der Waals surface area (Å²) in [6, 6.07) is 15.4. The largest absolute Gasteiger partial charge is 0.457 e. The molecule has 0 saturated heterocycles. The molecule has 4 rings (SSSR count). The highest BCUT2D eigenvalue weighted by atomic mass is 79.9. The molecule has 0 aliphatic rings. The Morgan fingerprint density at radius 3 is 2.56 bits per heavy atom. The number of hydrogen-bond donors (Lipinski definition) is 0. The van der Waals surface area contributed by atoms with Crippen molar-refractivity contribution in [3.05, 3.63) is 87.1 Å². The van der Waals surface area contributed by atoms with Crippen LogP contribution in [-0.2, 0) is 0 Å². The van der Waals surface area contributed by atoms with Crippen molar-refractivity contribution < 1.29 is 18.4 Å². The number of carbonyl (C=O) groups is 1. The Morgan fingerprint density at radius 1 is 1.07 bits per heavy atom. The van der Waals surface area contributed by atoms with Crippen molar-refractivity contribution in [3.8, 4) is 16.9 Å². The van der Waals surface area contributed by atoms with Gasteiger partial charge in [-0.25, -0.2) is 9.59 Å². The zero-order chi connectivity index (χ0) is 19.0. The SMILES string of the molecule is Cc1c(-c2ccc(Br)cc2)c(=O)oc2ccc(OC(=O)c3ccco3)cc12. The fourth-order valence-electron chi connectivity index (χ4n) is 2.90. The van der Waals surface area contributed by atoms with Crippen LogP contribution in [0.25, 0.3) is 22.1 Å². The van der Waals surface area contributed by atoms with E-state index in [0.29, 0.717) is 22.3 Å². The van der Waals surface area contributed by atoms with E-state index in [1.807, 2.05) is 31.2 Å². The van der Waals surface area contributed by atoms with Crippen molar-refractivity contribution in [2.75, 3.05) is 0 Å². The summed E-state index contributed by atoms with van der Waals surface area (Å²) in [7, 11) is 0. The summed E-state index contributed by atoms with van der Waals surface area (Å²) < 4.78 is 16.8. The Kier molecular flexibility index (Phi) is 4.41. The van der Waals surface area contributed by atoms with Crippen molar-refractivity contribution in [1.82, 2.24) is 0 Å². The van der Waals surface area contributed by atoms with Gasteiger partial charge in [0.15, 0.2) is 0 Å². The zero-order valence-corrected chi connectivity index (χ0v) is 15.8. The van der Waals surface area contributed by atoms with E-state index < -0.39 is 11.6 Å². The van der Waals surface area contributed by atoms with E-state index in [4.69, 9.17) is 13.6 Å². The maximum Gasteiger partial charge on any atom is 0.379 e. The van der Waals surface area contributed by atoms with Gasteiger partial charge in [0.05, 0.1) is 11.8 Å². The zero-order valence-electron chi connectivity index (χ0n) is 14.2. The monoisotopic (exact) mass is 424 g/mol. The van der Waals surface area contributed by atoms with Crippen molar-refractivity contribution in [1.29, 1.82) is 0 Å². The van der Waals surface area contributed by atoms with E-state index in [1.165, 1.54) is 12.3 Å². The molecule has 0 spiro atoms. The molecular formula is C21H13BrO5. The third-order valence-corrected chi connectivity index (χ3v) is 4.73. The molecule has 0 bridgehead atoms. The molecule has 27 heavy (non-hydrogen) atoms. The molecule has 6 heteroatoms. The number of furan rings is 1. The third kappa shape index (κ3) is 3.31. The van der Waals surface area contributed by atoms with Crippen LogP contribution >= 0.6 is 15.9 Å². The molecule has 2 aromatic carbocycles. The van der Waals surface area contributed by atoms with Gasteiger partial charge >= 0.3 is 11.6 Å². The van der Waals surface area contributed by atoms with Gasteiger partial charge in [0.25, 0.3) is 0 Å². The van der Waals surface area contributed by atoms with Crippen molar-refractivity contribution in [3.63, 3.8) is 0 Å². The number of aryl methyl sites for hydroxylation is 1. The second-order valence-corrected chi connectivity index (χ2v) is 6.84. The Bertz CT molecular complexity index is 1190. The highest BCUT2D eigenvalue weighted by molar-refractivity contribution is 9.10. The molecule has 0 fully saturated rings. The van der Waals surface area contributed by atoms with Gasteiger partial charge in [0, 0.05) is 9.86 Å². The number of rotatable bonds is 3. The maximum absolute atomic E-state index is 12.5. The third-order valence-electron chi connectivity index (χ3n) is 4.20. The van der Waals surface area contributed by atoms with E-state index in [0.717, 1.165) is 15.6 Å². The lowest BCUT2D eigenvalue weighted by Gasteiger charge is -2.09. The molecule has 0 aliphatic carbocycles. The Hall–Kier alpha value is -3.12. The predicted molar refractivity (Wildman–Crippen MR) is 104 cm³/mol. The molecule has 0 amide bonds. The van der Waals surface area contributed by atoms with Crippen molar-refractivity contribution >= 4 is 32.9 Å². The summed E-state index contributed by atoms with van der Waals surface area (Å²) in [5.41, 5.74) is 1.99. The first-order chi connectivity index (χ1) is 13.0. The highest BCUT2D eigenvalue weighted by Gasteiger charge is 2.16. The summed E-state index contributed by atoms with van der Waals surface area (Å²) in [5, 5.41) is 0.692. The van der Waals surface area contributed by atoms with Crippen LogP contribution in [0, 0.1) is 6.92 Å². The van der Waals surface area contributed by atoms with Gasteiger partial charge in [-0.1, -0.05) is 28.1 Å². The van der Waals surface area contributed by atoms with Crippen LogP contribution in [0.3, 0.4) is 0 Å². The van der Waals surface area contributed by atoms with Gasteiger partial charge < -0.3 is 13.6 Å². The van der Waals surface area contributed by atoms with Crippen LogP contribution in [0.2, 0.25) is 0 Å². The van der Waals surface area contributed by atoms with E-state index in [9.17, 15) is 9.59 Å². The second kappa shape index (κ2) is 6.89. The van der Waals surface area contributed by atoms with Gasteiger partial charge in [-0.2, -0.15) is 0 Å². The lowest BCUT2D eigenvalue weighted by atomic mass is 9.99. The summed E-state index contributed by atoms with van der Waals surface area (Å²) in [4.78, 5) is 24.6. The van der Waals surface area contributed by atoms with E-state index in [1.54, 1.807) is 24.3 Å². The summed E-state index contributed by atoms with van der Waals surface area (Å²) >= 11 is 3.39. The summed E-state index contributed by atoms with van der Waals surface area (Å²) in [6.45, 7) is 1.84. The number of carbonyl (C=O) groups excluding carboxylic acids is 1. The Balaban J connectivity index is 1.79. The number of esters is 1. The first kappa shape index (κ1) is 17.3. The number of hydrogen-bond acceptors (Lipinski definition) is 5. The fraction of sp³-hybridized carbons (Fsp3) is 0.0476. The van der Waals surface area contributed by atoms with Gasteiger partial charge in [-0.15, -0.1) is 0 Å². The molecular weight excluding hydrogens is 412 g/mol. The van der Waals surface area contributed by atoms with Crippen LogP contribution < -0.4 is 10.4 Å². The number of halogens is 1. The molecule has 134 valence electrons. The average molecular weight is 425 g/mol.